The smallest absolute Gasteiger partial charge is 0.303 e. The minimum atomic E-state index is -1.89. The zero-order valence-electron chi connectivity index (χ0n) is 46.4. The molecule has 3 heterocycles. The van der Waals surface area contributed by atoms with Crippen molar-refractivity contribution in [2.24, 2.45) is 0 Å². The summed E-state index contributed by atoms with van der Waals surface area (Å²) in [7, 11) is 0. The van der Waals surface area contributed by atoms with Crippen molar-refractivity contribution in [1.29, 1.82) is 0 Å². The van der Waals surface area contributed by atoms with Gasteiger partial charge in [0.1, 0.15) is 55.9 Å². The molecule has 0 aliphatic carbocycles. The van der Waals surface area contributed by atoms with E-state index in [-0.39, 0.29) is 26.4 Å². The first-order valence-electron chi connectivity index (χ1n) is 26.5. The first kappa shape index (κ1) is 63.5. The van der Waals surface area contributed by atoms with Crippen molar-refractivity contribution in [2.45, 2.75) is 173 Å². The third-order valence-electron chi connectivity index (χ3n) is 12.6. The van der Waals surface area contributed by atoms with Crippen LogP contribution in [0.25, 0.3) is 0 Å². The quantitative estimate of drug-likeness (QED) is 0.0397. The number of unbranched alkanes of at least 4 members (excludes halogenated alkanes) is 1. The zero-order chi connectivity index (χ0) is 58.4. The summed E-state index contributed by atoms with van der Waals surface area (Å²) in [5.41, 5.74) is 2.53. The predicted octanol–water partition coefficient (Wildman–Crippen LogP) is 5.09. The second-order valence-electron chi connectivity index (χ2n) is 19.1. The van der Waals surface area contributed by atoms with Gasteiger partial charge in [0.25, 0.3) is 0 Å². The number of allylic oxidation sites excluding steroid dienone is 1. The van der Waals surface area contributed by atoms with E-state index in [0.29, 0.717) is 12.8 Å². The minimum Gasteiger partial charge on any atom is -0.463 e. The summed E-state index contributed by atoms with van der Waals surface area (Å²) in [4.78, 5) is 89.1. The lowest BCUT2D eigenvalue weighted by molar-refractivity contribution is -0.368. The lowest BCUT2D eigenvalue weighted by atomic mass is 9.95. The number of hydrogen-bond acceptors (Lipinski definition) is 23. The van der Waals surface area contributed by atoms with Crippen LogP contribution < -0.4 is 0 Å². The number of benzene rings is 3. The van der Waals surface area contributed by atoms with E-state index in [0.717, 1.165) is 65.2 Å². The number of carbonyl (C=O) groups excluding carboxylic acids is 7. The van der Waals surface area contributed by atoms with Gasteiger partial charge in [0.05, 0.1) is 33.0 Å². The number of carbonyl (C=O) groups is 7. The number of ether oxygens (including phenoxy) is 16. The van der Waals surface area contributed by atoms with Crippen LogP contribution in [0.5, 0.6) is 0 Å². The van der Waals surface area contributed by atoms with Crippen LogP contribution in [0, 0.1) is 0 Å². The lowest BCUT2D eigenvalue weighted by Gasteiger charge is -2.49. The van der Waals surface area contributed by atoms with Crippen LogP contribution in [0.2, 0.25) is 0 Å². The molecule has 442 valence electrons. The zero-order valence-corrected chi connectivity index (χ0v) is 46.4. The molecular weight excluding hydrogens is 1060 g/mol. The first-order chi connectivity index (χ1) is 38.9. The van der Waals surface area contributed by atoms with Crippen molar-refractivity contribution in [2.75, 3.05) is 26.4 Å². The van der Waals surface area contributed by atoms with Crippen molar-refractivity contribution in [3.05, 3.63) is 120 Å². The van der Waals surface area contributed by atoms with Gasteiger partial charge in [-0.3, -0.25) is 33.6 Å². The Kier molecular flexibility index (Phi) is 25.2. The second-order valence-corrected chi connectivity index (χ2v) is 19.1. The van der Waals surface area contributed by atoms with E-state index in [1.165, 1.54) is 0 Å². The summed E-state index contributed by atoms with van der Waals surface area (Å²) >= 11 is 0. The number of esters is 7. The number of rotatable bonds is 28. The topological polar surface area (TPSA) is 267 Å². The summed E-state index contributed by atoms with van der Waals surface area (Å²) in [6, 6.07) is 28.4. The van der Waals surface area contributed by atoms with Crippen LogP contribution in [0.4, 0.5) is 0 Å². The lowest BCUT2D eigenvalue weighted by Crippen LogP contribution is -2.67. The van der Waals surface area contributed by atoms with Gasteiger partial charge in [-0.1, -0.05) is 97.1 Å². The molecule has 23 heteroatoms. The van der Waals surface area contributed by atoms with E-state index < -0.39 is 154 Å². The van der Waals surface area contributed by atoms with Gasteiger partial charge in [0, 0.05) is 48.5 Å². The van der Waals surface area contributed by atoms with Crippen LogP contribution in [0.15, 0.2) is 104 Å². The Morgan fingerprint density at radius 2 is 0.765 bits per heavy atom. The van der Waals surface area contributed by atoms with Gasteiger partial charge >= 0.3 is 41.8 Å². The van der Waals surface area contributed by atoms with Gasteiger partial charge in [0.15, 0.2) is 49.4 Å². The summed E-state index contributed by atoms with van der Waals surface area (Å²) in [5.74, 6) is -6.15. The van der Waals surface area contributed by atoms with Gasteiger partial charge in [-0.25, -0.2) is 0 Å². The van der Waals surface area contributed by atoms with E-state index in [2.05, 4.69) is 6.58 Å². The molecule has 3 aliphatic rings. The van der Waals surface area contributed by atoms with Crippen LogP contribution in [0.3, 0.4) is 0 Å². The van der Waals surface area contributed by atoms with E-state index in [9.17, 15) is 33.6 Å². The van der Waals surface area contributed by atoms with Gasteiger partial charge in [-0.15, -0.1) is 6.58 Å². The highest BCUT2D eigenvalue weighted by molar-refractivity contribution is 5.69. The van der Waals surface area contributed by atoms with Crippen LogP contribution in [0.1, 0.15) is 78.0 Å². The first-order valence-corrected chi connectivity index (χ1v) is 26.5. The molecule has 0 saturated carbocycles. The molecular formula is C58H72O23. The Bertz CT molecular complexity index is 2500. The van der Waals surface area contributed by atoms with Crippen molar-refractivity contribution in [3.8, 4) is 0 Å². The normalized spacial score (nSPS) is 28.1. The fourth-order valence-corrected chi connectivity index (χ4v) is 9.24. The highest BCUT2D eigenvalue weighted by atomic mass is 16.8. The maximum atomic E-state index is 13.2. The summed E-state index contributed by atoms with van der Waals surface area (Å²) in [5, 5.41) is 0. The van der Waals surface area contributed by atoms with E-state index >= 15 is 0 Å². The Hall–Kier alpha value is -6.67. The predicted molar refractivity (Wildman–Crippen MR) is 278 cm³/mol. The Morgan fingerprint density at radius 3 is 1.22 bits per heavy atom. The SMILES string of the molecule is C=CCCCO[C@@H]1O[C@H](CO[C@@H]2O[C@H](COC(C)=O)[C@@H](O[C@@H]3O[C@H](COC(C)=O)[C@H](OC(C)=O)[C@H](OC(C)=O)[C@H]3OC(C)=O)[C@H](OC(C)=O)[C@H]2OC(C)=O)[C@@H](OCc2ccccc2)[C@H](OCc2ccccc2)[C@H]1OCc1ccccc1. The van der Waals surface area contributed by atoms with E-state index in [4.69, 9.17) is 75.8 Å². The van der Waals surface area contributed by atoms with Crippen LogP contribution in [-0.4, -0.2) is 160 Å². The molecule has 0 radical (unpaired) electrons. The fourth-order valence-electron chi connectivity index (χ4n) is 9.24. The number of hydrogen-bond donors (Lipinski definition) is 0. The molecule has 3 aliphatic heterocycles. The molecule has 0 spiro atoms. The molecule has 23 nitrogen and oxygen atoms in total. The maximum absolute atomic E-state index is 13.2. The fraction of sp³-hybridized carbons (Fsp3) is 0.534. The molecule has 81 heavy (non-hydrogen) atoms. The molecule has 3 aromatic rings. The van der Waals surface area contributed by atoms with E-state index in [1.54, 1.807) is 6.08 Å². The highest BCUT2D eigenvalue weighted by Crippen LogP contribution is 2.37. The summed E-state index contributed by atoms with van der Waals surface area (Å²) in [6.45, 7) is 10.2. The third kappa shape index (κ3) is 19.8. The largest absolute Gasteiger partial charge is 0.463 e. The maximum Gasteiger partial charge on any atom is 0.303 e. The van der Waals surface area contributed by atoms with Crippen LogP contribution in [-0.2, 0) is 129 Å². The minimum absolute atomic E-state index is 0.0695. The van der Waals surface area contributed by atoms with Crippen molar-refractivity contribution in [3.63, 3.8) is 0 Å². The average Bonchev–Trinajstić information content (AvgIpc) is 3.55. The summed E-state index contributed by atoms with van der Waals surface area (Å²) < 4.78 is 98.9. The van der Waals surface area contributed by atoms with Crippen molar-refractivity contribution >= 4 is 41.8 Å². The molecule has 3 aromatic carbocycles. The van der Waals surface area contributed by atoms with Crippen LogP contribution >= 0.6 is 0 Å². The molecule has 3 fully saturated rings. The molecule has 3 saturated heterocycles. The molecule has 0 unspecified atom stereocenters. The molecule has 15 atom stereocenters. The van der Waals surface area contributed by atoms with Gasteiger partial charge < -0.3 is 75.8 Å². The standard InChI is InChI=1S/C58H72O23/c1-9-10-20-27-66-56-53(71-30-43-25-18-13-19-26-43)50(70-29-42-23-16-12-17-24-42)47(69-28-41-21-14-11-15-22-41)44(78-56)33-72-57-54(76-39(7)64)52(75-38(6)63)49(46(79-57)32-68-35(3)60)81-58-55(77-40(8)65)51(74-37(5)62)48(73-36(4)61)45(80-58)31-67-34(2)59/h9,11-19,21-26,44-58H,1,10,20,27-33H2,2-8H3/t44-,45-,46-,47-,48+,49-,50+,51+,52+,53-,54-,55-,56-,57-,58+/m1/s1. The van der Waals surface area contributed by atoms with E-state index in [1.807, 2.05) is 91.0 Å². The second kappa shape index (κ2) is 32.1. The average molecular weight is 1140 g/mol. The molecule has 0 aromatic heterocycles. The van der Waals surface area contributed by atoms with Gasteiger partial charge in [0.2, 0.25) is 0 Å². The Balaban J connectivity index is 1.41. The summed E-state index contributed by atoms with van der Waals surface area (Å²) in [6.07, 6.45) is -18.9. The third-order valence-corrected chi connectivity index (χ3v) is 12.6. The van der Waals surface area contributed by atoms with Crippen molar-refractivity contribution in [1.82, 2.24) is 0 Å². The highest BCUT2D eigenvalue weighted by Gasteiger charge is 2.58. The Morgan fingerprint density at radius 1 is 0.395 bits per heavy atom. The van der Waals surface area contributed by atoms with Crippen molar-refractivity contribution < 1.29 is 109 Å². The molecule has 0 N–H and O–H groups in total. The molecule has 6 rings (SSSR count). The Labute approximate surface area is 469 Å². The van der Waals surface area contributed by atoms with Gasteiger partial charge in [-0.05, 0) is 29.5 Å². The monoisotopic (exact) mass is 1140 g/mol. The molecule has 0 bridgehead atoms. The van der Waals surface area contributed by atoms with Gasteiger partial charge in [-0.2, -0.15) is 0 Å². The molecule has 0 amide bonds.